The summed E-state index contributed by atoms with van der Waals surface area (Å²) in [5, 5.41) is 4.59. The van der Waals surface area contributed by atoms with Crippen LogP contribution < -0.4 is 9.74 Å². The standard InChI is InChI=1S/C16H12ClN5O2S/c17-22(15(24)13-2-1-7-25-13)16-19-6-4-11(21-16)12-8-9-10(20-12)3-5-18-14(9)23/h1-2,4,6-8,20H,3,5H2,(H,18,23). The van der Waals surface area contributed by atoms with Crippen molar-refractivity contribution < 1.29 is 9.59 Å². The highest BCUT2D eigenvalue weighted by molar-refractivity contribution is 7.12. The van der Waals surface area contributed by atoms with Gasteiger partial charge in [0, 0.05) is 36.6 Å². The number of thiophene rings is 1. The van der Waals surface area contributed by atoms with E-state index in [-0.39, 0.29) is 17.8 Å². The monoisotopic (exact) mass is 373 g/mol. The van der Waals surface area contributed by atoms with Gasteiger partial charge >= 0.3 is 0 Å². The van der Waals surface area contributed by atoms with Crippen molar-refractivity contribution in [1.29, 1.82) is 0 Å². The molecule has 4 heterocycles. The molecule has 0 saturated heterocycles. The maximum atomic E-state index is 12.3. The topological polar surface area (TPSA) is 91.0 Å². The van der Waals surface area contributed by atoms with Gasteiger partial charge < -0.3 is 10.3 Å². The van der Waals surface area contributed by atoms with Crippen LogP contribution in [-0.2, 0) is 6.42 Å². The Bertz CT molecular complexity index is 953. The molecule has 4 rings (SSSR count). The fourth-order valence-electron chi connectivity index (χ4n) is 2.61. The summed E-state index contributed by atoms with van der Waals surface area (Å²) in [6.45, 7) is 0.603. The lowest BCUT2D eigenvalue weighted by atomic mass is 10.1. The van der Waals surface area contributed by atoms with Crippen molar-refractivity contribution in [2.75, 3.05) is 11.0 Å². The molecule has 7 nitrogen and oxygen atoms in total. The lowest BCUT2D eigenvalue weighted by Crippen LogP contribution is -2.31. The number of nitrogens with zero attached hydrogens (tertiary/aromatic N) is 3. The largest absolute Gasteiger partial charge is 0.356 e. The number of carbonyl (C=O) groups is 2. The van der Waals surface area contributed by atoms with Crippen molar-refractivity contribution in [3.8, 4) is 11.4 Å². The predicted molar refractivity (Wildman–Crippen MR) is 94.8 cm³/mol. The molecule has 0 unspecified atom stereocenters. The normalized spacial score (nSPS) is 13.2. The summed E-state index contributed by atoms with van der Waals surface area (Å²) in [4.78, 5) is 36.3. The van der Waals surface area contributed by atoms with Gasteiger partial charge in [0.2, 0.25) is 5.95 Å². The summed E-state index contributed by atoms with van der Waals surface area (Å²) in [5.74, 6) is -0.418. The van der Waals surface area contributed by atoms with Gasteiger partial charge in [-0.15, -0.1) is 11.3 Å². The van der Waals surface area contributed by atoms with Crippen LogP contribution in [-0.4, -0.2) is 33.3 Å². The molecule has 1 aliphatic heterocycles. The van der Waals surface area contributed by atoms with Crippen LogP contribution >= 0.6 is 23.1 Å². The van der Waals surface area contributed by atoms with E-state index in [1.807, 2.05) is 0 Å². The Balaban J connectivity index is 1.66. The summed E-state index contributed by atoms with van der Waals surface area (Å²) in [5.41, 5.74) is 2.71. The third-order valence-electron chi connectivity index (χ3n) is 3.81. The van der Waals surface area contributed by atoms with Crippen LogP contribution in [0.15, 0.2) is 35.8 Å². The zero-order chi connectivity index (χ0) is 17.4. The van der Waals surface area contributed by atoms with Gasteiger partial charge in [0.15, 0.2) is 0 Å². The van der Waals surface area contributed by atoms with Crippen LogP contribution in [0.25, 0.3) is 11.4 Å². The van der Waals surface area contributed by atoms with E-state index < -0.39 is 0 Å². The van der Waals surface area contributed by atoms with Crippen molar-refractivity contribution >= 4 is 40.9 Å². The number of fused-ring (bicyclic) bond motifs is 1. The maximum Gasteiger partial charge on any atom is 0.285 e. The van der Waals surface area contributed by atoms with E-state index in [1.165, 1.54) is 17.5 Å². The Kier molecular flexibility index (Phi) is 3.98. The van der Waals surface area contributed by atoms with E-state index in [2.05, 4.69) is 20.3 Å². The fourth-order valence-corrected chi connectivity index (χ4v) is 3.49. The van der Waals surface area contributed by atoms with Crippen LogP contribution in [0, 0.1) is 0 Å². The van der Waals surface area contributed by atoms with Crippen LogP contribution in [0.2, 0.25) is 0 Å². The lowest BCUT2D eigenvalue weighted by Gasteiger charge is -2.11. The molecule has 25 heavy (non-hydrogen) atoms. The molecule has 3 aromatic heterocycles. The smallest absolute Gasteiger partial charge is 0.285 e. The molecule has 0 fully saturated rings. The van der Waals surface area contributed by atoms with Gasteiger partial charge in [0.1, 0.15) is 0 Å². The number of nitrogens with one attached hydrogen (secondary N) is 2. The van der Waals surface area contributed by atoms with Gasteiger partial charge in [-0.05, 0) is 23.6 Å². The Labute approximate surface area is 151 Å². The molecule has 9 heteroatoms. The number of H-pyrrole nitrogens is 1. The number of aromatic nitrogens is 3. The van der Waals surface area contributed by atoms with Gasteiger partial charge in [-0.25, -0.2) is 9.97 Å². The number of hydrogen-bond acceptors (Lipinski definition) is 5. The summed E-state index contributed by atoms with van der Waals surface area (Å²) < 4.78 is 0.894. The van der Waals surface area contributed by atoms with Gasteiger partial charge in [-0.1, -0.05) is 6.07 Å². The minimum Gasteiger partial charge on any atom is -0.356 e. The van der Waals surface area contributed by atoms with Crippen LogP contribution in [0.5, 0.6) is 0 Å². The molecular formula is C16H12ClN5O2S. The minimum absolute atomic E-state index is 0.0783. The molecule has 0 saturated carbocycles. The van der Waals surface area contributed by atoms with Crippen molar-refractivity contribution in [3.63, 3.8) is 0 Å². The molecule has 0 aromatic carbocycles. The number of anilines is 1. The van der Waals surface area contributed by atoms with Crippen LogP contribution in [0.1, 0.15) is 25.7 Å². The summed E-state index contributed by atoms with van der Waals surface area (Å²) in [7, 11) is 0. The average Bonchev–Trinajstić information content (AvgIpc) is 3.31. The zero-order valence-electron chi connectivity index (χ0n) is 12.8. The zero-order valence-corrected chi connectivity index (χ0v) is 14.4. The van der Waals surface area contributed by atoms with Crippen molar-refractivity contribution in [1.82, 2.24) is 20.3 Å². The van der Waals surface area contributed by atoms with Crippen molar-refractivity contribution in [3.05, 3.63) is 52.0 Å². The third-order valence-corrected chi connectivity index (χ3v) is 4.97. The predicted octanol–water partition coefficient (Wildman–Crippen LogP) is 2.62. The maximum absolute atomic E-state index is 12.3. The number of amides is 2. The number of carbonyl (C=O) groups excluding carboxylic acids is 2. The highest BCUT2D eigenvalue weighted by Gasteiger charge is 2.22. The molecule has 0 atom stereocenters. The second-order valence-electron chi connectivity index (χ2n) is 5.39. The fraction of sp³-hybridized carbons (Fsp3) is 0.125. The van der Waals surface area contributed by atoms with Crippen LogP contribution in [0.3, 0.4) is 0 Å². The van der Waals surface area contributed by atoms with E-state index in [0.717, 1.165) is 16.5 Å². The van der Waals surface area contributed by atoms with E-state index in [0.29, 0.717) is 28.4 Å². The molecule has 0 bridgehead atoms. The second kappa shape index (κ2) is 6.30. The lowest BCUT2D eigenvalue weighted by molar-refractivity contribution is 0.0945. The first-order valence-corrected chi connectivity index (χ1v) is 8.72. The van der Waals surface area contributed by atoms with Crippen molar-refractivity contribution in [2.24, 2.45) is 0 Å². The molecule has 1 aliphatic rings. The van der Waals surface area contributed by atoms with E-state index in [9.17, 15) is 9.59 Å². The van der Waals surface area contributed by atoms with Crippen LogP contribution in [0.4, 0.5) is 5.95 Å². The molecule has 0 aliphatic carbocycles. The molecular weight excluding hydrogens is 362 g/mol. The Hall–Kier alpha value is -2.71. The number of halogens is 1. The molecule has 2 N–H and O–H groups in total. The van der Waals surface area contributed by atoms with Gasteiger partial charge in [-0.2, -0.15) is 4.42 Å². The molecule has 3 aromatic rings. The van der Waals surface area contributed by atoms with Gasteiger partial charge in [0.05, 0.1) is 21.8 Å². The number of aromatic amines is 1. The second-order valence-corrected chi connectivity index (χ2v) is 6.67. The van der Waals surface area contributed by atoms with Gasteiger partial charge in [-0.3, -0.25) is 9.59 Å². The van der Waals surface area contributed by atoms with Crippen molar-refractivity contribution in [2.45, 2.75) is 6.42 Å². The minimum atomic E-state index is -0.390. The summed E-state index contributed by atoms with van der Waals surface area (Å²) in [6.07, 6.45) is 2.26. The first-order valence-electron chi connectivity index (χ1n) is 7.51. The highest BCUT2D eigenvalue weighted by Crippen LogP contribution is 2.25. The van der Waals surface area contributed by atoms with E-state index >= 15 is 0 Å². The number of hydrogen-bond donors (Lipinski definition) is 2. The SMILES string of the molecule is O=C1NCCc2[nH]c(-c3ccnc(N(Cl)C(=O)c4cccs4)n3)cc21. The molecule has 0 radical (unpaired) electrons. The Morgan fingerprint density at radius 1 is 1.36 bits per heavy atom. The van der Waals surface area contributed by atoms with Gasteiger partial charge in [0.25, 0.3) is 11.8 Å². The Morgan fingerprint density at radius 3 is 3.00 bits per heavy atom. The molecule has 126 valence electrons. The van der Waals surface area contributed by atoms with E-state index in [4.69, 9.17) is 11.8 Å². The Morgan fingerprint density at radius 2 is 2.24 bits per heavy atom. The first kappa shape index (κ1) is 15.8. The number of rotatable bonds is 3. The quantitative estimate of drug-likeness (QED) is 0.690. The van der Waals surface area contributed by atoms with E-state index in [1.54, 1.807) is 29.6 Å². The third kappa shape index (κ3) is 2.90. The summed E-state index contributed by atoms with van der Waals surface area (Å²) >= 11 is 7.41. The highest BCUT2D eigenvalue weighted by atomic mass is 35.5. The molecule has 2 amide bonds. The first-order chi connectivity index (χ1) is 12.1. The summed E-state index contributed by atoms with van der Waals surface area (Å²) in [6, 6.07) is 6.90. The molecule has 0 spiro atoms. The average molecular weight is 374 g/mol.